The number of benzene rings is 1. The van der Waals surface area contributed by atoms with Gasteiger partial charge in [-0.3, -0.25) is 9.36 Å². The van der Waals surface area contributed by atoms with E-state index in [1.54, 1.807) is 34.4 Å². The smallest absolute Gasteiger partial charge is 0.233 e. The number of thioether (sulfide) groups is 1. The Bertz CT molecular complexity index is 996. The average Bonchev–Trinajstić information content (AvgIpc) is 3.32. The fourth-order valence-corrected chi connectivity index (χ4v) is 4.87. The third kappa shape index (κ3) is 3.98. The zero-order valence-corrected chi connectivity index (χ0v) is 17.4. The lowest BCUT2D eigenvalue weighted by atomic mass is 10.2. The monoisotopic (exact) mass is 416 g/mol. The summed E-state index contributed by atoms with van der Waals surface area (Å²) in [5.41, 5.74) is 1.66. The molecule has 4 rings (SSSR count). The first kappa shape index (κ1) is 19.1. The van der Waals surface area contributed by atoms with Crippen LogP contribution < -0.4 is 0 Å². The van der Waals surface area contributed by atoms with Crippen LogP contribution in [-0.4, -0.2) is 38.4 Å². The molecule has 2 heterocycles. The molecule has 0 atom stereocenters. The molecule has 1 aliphatic rings. The molecule has 5 nitrogen and oxygen atoms in total. The average molecular weight is 417 g/mol. The summed E-state index contributed by atoms with van der Waals surface area (Å²) in [5, 5.41) is 11.2. The molecule has 0 spiro atoms. The summed E-state index contributed by atoms with van der Waals surface area (Å²) in [6, 6.07) is 8.95. The number of carbonyl (C=O) groups excluding carboxylic acids is 1. The number of rotatable bonds is 7. The van der Waals surface area contributed by atoms with Crippen LogP contribution in [-0.2, 0) is 11.3 Å². The first-order chi connectivity index (χ1) is 13.5. The minimum Gasteiger partial charge on any atom is -0.340 e. The fraction of sp³-hybridized carbons (Fsp3) is 0.350. The van der Waals surface area contributed by atoms with Crippen molar-refractivity contribution in [3.8, 4) is 11.4 Å². The molecule has 1 aromatic carbocycles. The highest BCUT2D eigenvalue weighted by atomic mass is 32.2. The molecule has 2 aromatic heterocycles. The first-order valence-corrected chi connectivity index (χ1v) is 11.0. The van der Waals surface area contributed by atoms with Gasteiger partial charge >= 0.3 is 0 Å². The SMILES string of the molecule is Cc1ccsc1CN(C)C(=O)CSc1nnc(-c2ccccc2F)n1C1CC1. The second kappa shape index (κ2) is 8.05. The summed E-state index contributed by atoms with van der Waals surface area (Å²) < 4.78 is 16.2. The predicted molar refractivity (Wildman–Crippen MR) is 110 cm³/mol. The molecule has 28 heavy (non-hydrogen) atoms. The molecule has 1 fully saturated rings. The second-order valence-corrected chi connectivity index (χ2v) is 8.90. The molecule has 0 unspecified atom stereocenters. The van der Waals surface area contributed by atoms with Crippen LogP contribution in [0.3, 0.4) is 0 Å². The van der Waals surface area contributed by atoms with E-state index < -0.39 is 0 Å². The summed E-state index contributed by atoms with van der Waals surface area (Å²) in [4.78, 5) is 15.5. The van der Waals surface area contributed by atoms with Gasteiger partial charge in [0.25, 0.3) is 0 Å². The van der Waals surface area contributed by atoms with Crippen LogP contribution in [0.1, 0.15) is 29.3 Å². The van der Waals surface area contributed by atoms with Crippen molar-refractivity contribution in [1.82, 2.24) is 19.7 Å². The van der Waals surface area contributed by atoms with E-state index in [-0.39, 0.29) is 23.5 Å². The maximum absolute atomic E-state index is 14.2. The molecule has 0 N–H and O–H groups in total. The van der Waals surface area contributed by atoms with E-state index in [9.17, 15) is 9.18 Å². The van der Waals surface area contributed by atoms with E-state index in [4.69, 9.17) is 0 Å². The Kier molecular flexibility index (Phi) is 5.50. The van der Waals surface area contributed by atoms with Crippen molar-refractivity contribution in [2.24, 2.45) is 0 Å². The lowest BCUT2D eigenvalue weighted by Gasteiger charge is -2.17. The molecule has 0 radical (unpaired) electrons. The summed E-state index contributed by atoms with van der Waals surface area (Å²) in [7, 11) is 1.82. The molecule has 0 saturated heterocycles. The zero-order valence-electron chi connectivity index (χ0n) is 15.8. The van der Waals surface area contributed by atoms with Crippen LogP contribution in [0.4, 0.5) is 4.39 Å². The highest BCUT2D eigenvalue weighted by Crippen LogP contribution is 2.41. The maximum Gasteiger partial charge on any atom is 0.233 e. The largest absolute Gasteiger partial charge is 0.340 e. The van der Waals surface area contributed by atoms with E-state index in [0.717, 1.165) is 12.8 Å². The highest BCUT2D eigenvalue weighted by molar-refractivity contribution is 7.99. The number of amides is 1. The number of carbonyl (C=O) groups is 1. The van der Waals surface area contributed by atoms with E-state index in [1.165, 1.54) is 28.3 Å². The van der Waals surface area contributed by atoms with Gasteiger partial charge in [0.1, 0.15) is 5.82 Å². The molecule has 0 aliphatic heterocycles. The summed E-state index contributed by atoms with van der Waals surface area (Å²) in [5.74, 6) is 0.549. The van der Waals surface area contributed by atoms with Gasteiger partial charge in [-0.05, 0) is 48.9 Å². The van der Waals surface area contributed by atoms with Gasteiger partial charge in [-0.15, -0.1) is 21.5 Å². The maximum atomic E-state index is 14.2. The van der Waals surface area contributed by atoms with Gasteiger partial charge in [-0.25, -0.2) is 4.39 Å². The van der Waals surface area contributed by atoms with Gasteiger partial charge in [-0.1, -0.05) is 23.9 Å². The van der Waals surface area contributed by atoms with Crippen LogP contribution in [0, 0.1) is 12.7 Å². The summed E-state index contributed by atoms with van der Waals surface area (Å²) in [6.07, 6.45) is 2.05. The second-order valence-electron chi connectivity index (χ2n) is 6.95. The number of hydrogen-bond acceptors (Lipinski definition) is 5. The van der Waals surface area contributed by atoms with Crippen molar-refractivity contribution < 1.29 is 9.18 Å². The van der Waals surface area contributed by atoms with Crippen molar-refractivity contribution >= 4 is 29.0 Å². The molecule has 1 aliphatic carbocycles. The van der Waals surface area contributed by atoms with Crippen LogP contribution >= 0.6 is 23.1 Å². The Morgan fingerprint density at radius 3 is 2.79 bits per heavy atom. The number of aryl methyl sites for hydroxylation is 1. The number of halogens is 1. The van der Waals surface area contributed by atoms with Crippen LogP contribution in [0.2, 0.25) is 0 Å². The normalized spacial score (nSPS) is 13.7. The van der Waals surface area contributed by atoms with Gasteiger partial charge in [-0.2, -0.15) is 0 Å². The Balaban J connectivity index is 1.47. The number of aromatic nitrogens is 3. The lowest BCUT2D eigenvalue weighted by Crippen LogP contribution is -2.27. The lowest BCUT2D eigenvalue weighted by molar-refractivity contribution is -0.127. The predicted octanol–water partition coefficient (Wildman–Crippen LogP) is 4.54. The van der Waals surface area contributed by atoms with Crippen molar-refractivity contribution in [2.75, 3.05) is 12.8 Å². The van der Waals surface area contributed by atoms with Crippen LogP contribution in [0.25, 0.3) is 11.4 Å². The fourth-order valence-electron chi connectivity index (χ4n) is 2.97. The highest BCUT2D eigenvalue weighted by Gasteiger charge is 2.31. The van der Waals surface area contributed by atoms with Gasteiger partial charge in [0.05, 0.1) is 17.9 Å². The van der Waals surface area contributed by atoms with E-state index in [2.05, 4.69) is 23.2 Å². The van der Waals surface area contributed by atoms with E-state index in [0.29, 0.717) is 23.1 Å². The third-order valence-corrected chi connectivity index (χ3v) is 6.73. The summed E-state index contributed by atoms with van der Waals surface area (Å²) in [6.45, 7) is 2.67. The Morgan fingerprint density at radius 1 is 1.32 bits per heavy atom. The topological polar surface area (TPSA) is 51.0 Å². The minimum absolute atomic E-state index is 0.0376. The van der Waals surface area contributed by atoms with Crippen molar-refractivity contribution in [1.29, 1.82) is 0 Å². The molecule has 0 bridgehead atoms. The molecule has 1 saturated carbocycles. The summed E-state index contributed by atoms with van der Waals surface area (Å²) >= 11 is 3.03. The number of nitrogens with zero attached hydrogens (tertiary/aromatic N) is 4. The van der Waals surface area contributed by atoms with Crippen molar-refractivity contribution in [3.05, 3.63) is 52.0 Å². The van der Waals surface area contributed by atoms with E-state index in [1.807, 2.05) is 17.0 Å². The Hall–Kier alpha value is -2.19. The van der Waals surface area contributed by atoms with Gasteiger partial charge in [0.15, 0.2) is 11.0 Å². The Morgan fingerprint density at radius 2 is 2.11 bits per heavy atom. The van der Waals surface area contributed by atoms with Crippen LogP contribution in [0.5, 0.6) is 0 Å². The van der Waals surface area contributed by atoms with Gasteiger partial charge in [0.2, 0.25) is 5.91 Å². The number of thiophene rings is 1. The number of hydrogen-bond donors (Lipinski definition) is 0. The third-order valence-electron chi connectivity index (χ3n) is 4.79. The van der Waals surface area contributed by atoms with E-state index >= 15 is 0 Å². The molecule has 146 valence electrons. The molecule has 3 aromatic rings. The molecular weight excluding hydrogens is 395 g/mol. The van der Waals surface area contributed by atoms with Crippen LogP contribution in [0.15, 0.2) is 40.9 Å². The van der Waals surface area contributed by atoms with Crippen molar-refractivity contribution in [3.63, 3.8) is 0 Å². The van der Waals surface area contributed by atoms with Crippen molar-refractivity contribution in [2.45, 2.75) is 37.5 Å². The Labute approximate surface area is 171 Å². The van der Waals surface area contributed by atoms with Gasteiger partial charge < -0.3 is 4.90 Å². The molecule has 1 amide bonds. The first-order valence-electron chi connectivity index (χ1n) is 9.14. The molecule has 8 heteroatoms. The standard InChI is InChI=1S/C20H21FN4OS2/c1-13-9-10-27-17(13)11-24(2)18(26)12-28-20-23-22-19(25(20)14-7-8-14)15-5-3-4-6-16(15)21/h3-6,9-10,14H,7-8,11-12H2,1-2H3. The minimum atomic E-state index is -0.310. The molecular formula is C20H21FN4OS2. The van der Waals surface area contributed by atoms with Gasteiger partial charge in [0, 0.05) is 18.0 Å². The quantitative estimate of drug-likeness (QED) is 0.531. The zero-order chi connectivity index (χ0) is 19.7.